The van der Waals surface area contributed by atoms with Gasteiger partial charge in [0.05, 0.1) is 5.69 Å². The van der Waals surface area contributed by atoms with Gasteiger partial charge in [0, 0.05) is 14.1 Å². The van der Waals surface area contributed by atoms with Crippen molar-refractivity contribution in [1.29, 1.82) is 0 Å². The lowest BCUT2D eigenvalue weighted by Crippen LogP contribution is -2.29. The molecule has 0 aliphatic heterocycles. The van der Waals surface area contributed by atoms with Crippen molar-refractivity contribution < 1.29 is 13.5 Å². The number of phenolic OH excluding ortho intramolecular Hbond substituents is 1. The van der Waals surface area contributed by atoms with Crippen molar-refractivity contribution in [3.05, 3.63) is 23.3 Å². The Morgan fingerprint density at radius 2 is 1.81 bits per heavy atom. The predicted octanol–water partition coefficient (Wildman–Crippen LogP) is 1.23. The molecular weight excluding hydrogens is 228 g/mol. The third kappa shape index (κ3) is 2.65. The van der Waals surface area contributed by atoms with E-state index in [1.54, 1.807) is 19.1 Å². The maximum atomic E-state index is 11.6. The highest BCUT2D eigenvalue weighted by atomic mass is 32.2. The Morgan fingerprint density at radius 1 is 1.25 bits per heavy atom. The zero-order valence-electron chi connectivity index (χ0n) is 9.77. The largest absolute Gasteiger partial charge is 0.505 e. The Balaban J connectivity index is 3.17. The summed E-state index contributed by atoms with van der Waals surface area (Å²) in [4.78, 5) is 0. The zero-order valence-corrected chi connectivity index (χ0v) is 10.6. The molecule has 5 nitrogen and oxygen atoms in total. The molecule has 0 unspecified atom stereocenters. The summed E-state index contributed by atoms with van der Waals surface area (Å²) in [6, 6.07) is 3.37. The van der Waals surface area contributed by atoms with Gasteiger partial charge in [0.2, 0.25) is 0 Å². The fourth-order valence-corrected chi connectivity index (χ4v) is 1.88. The minimum Gasteiger partial charge on any atom is -0.505 e. The van der Waals surface area contributed by atoms with E-state index in [9.17, 15) is 13.5 Å². The Morgan fingerprint density at radius 3 is 2.31 bits per heavy atom. The number of hydrogen-bond acceptors (Lipinski definition) is 3. The van der Waals surface area contributed by atoms with Gasteiger partial charge in [-0.25, -0.2) is 0 Å². The van der Waals surface area contributed by atoms with Crippen LogP contribution in [0.15, 0.2) is 12.1 Å². The number of nitrogens with one attached hydrogen (secondary N) is 1. The van der Waals surface area contributed by atoms with Crippen LogP contribution in [0.3, 0.4) is 0 Å². The third-order valence-electron chi connectivity index (χ3n) is 2.16. The van der Waals surface area contributed by atoms with Crippen molar-refractivity contribution in [2.24, 2.45) is 0 Å². The molecular formula is C10H16N2O3S. The summed E-state index contributed by atoms with van der Waals surface area (Å²) in [7, 11) is -0.747. The highest BCUT2D eigenvalue weighted by Gasteiger charge is 2.16. The molecule has 0 fully saturated rings. The standard InChI is InChI=1S/C10H16N2O3S/c1-7-5-8(2)10(13)9(6-7)11-16(14,15)12(3)4/h5-6,11,13H,1-4H3. The van der Waals surface area contributed by atoms with E-state index >= 15 is 0 Å². The number of nitrogens with zero attached hydrogens (tertiary/aromatic N) is 1. The van der Waals surface area contributed by atoms with Crippen LogP contribution in [0.5, 0.6) is 5.75 Å². The molecule has 1 aromatic rings. The first-order valence-corrected chi connectivity index (χ1v) is 6.18. The quantitative estimate of drug-likeness (QED) is 0.786. The van der Waals surface area contributed by atoms with Gasteiger partial charge in [0.1, 0.15) is 5.75 Å². The third-order valence-corrected chi connectivity index (χ3v) is 3.60. The Hall–Kier alpha value is -1.27. The van der Waals surface area contributed by atoms with Gasteiger partial charge in [-0.15, -0.1) is 0 Å². The molecule has 0 radical (unpaired) electrons. The molecule has 0 amide bonds. The van der Waals surface area contributed by atoms with Gasteiger partial charge in [-0.1, -0.05) is 6.07 Å². The van der Waals surface area contributed by atoms with E-state index in [4.69, 9.17) is 0 Å². The minimum absolute atomic E-state index is 0.0453. The van der Waals surface area contributed by atoms with E-state index in [1.165, 1.54) is 14.1 Å². The fraction of sp³-hybridized carbons (Fsp3) is 0.400. The molecule has 0 atom stereocenters. The van der Waals surface area contributed by atoms with Crippen LogP contribution in [0, 0.1) is 13.8 Å². The lowest BCUT2D eigenvalue weighted by molar-refractivity contribution is 0.472. The van der Waals surface area contributed by atoms with Crippen molar-refractivity contribution in [3.8, 4) is 5.75 Å². The van der Waals surface area contributed by atoms with Crippen molar-refractivity contribution >= 4 is 15.9 Å². The van der Waals surface area contributed by atoms with E-state index in [0.29, 0.717) is 5.56 Å². The minimum atomic E-state index is -3.58. The van der Waals surface area contributed by atoms with Crippen LogP contribution in [0.2, 0.25) is 0 Å². The predicted molar refractivity (Wildman–Crippen MR) is 63.8 cm³/mol. The average Bonchev–Trinajstić information content (AvgIpc) is 2.12. The van der Waals surface area contributed by atoms with Gasteiger partial charge in [0.15, 0.2) is 0 Å². The first kappa shape index (κ1) is 12.8. The second-order valence-electron chi connectivity index (χ2n) is 3.87. The average molecular weight is 244 g/mol. The summed E-state index contributed by atoms with van der Waals surface area (Å²) < 4.78 is 26.5. The fourth-order valence-electron chi connectivity index (χ4n) is 1.27. The van der Waals surface area contributed by atoms with Gasteiger partial charge < -0.3 is 5.11 Å². The first-order chi connectivity index (χ1) is 7.24. The molecule has 90 valence electrons. The summed E-state index contributed by atoms with van der Waals surface area (Å²) in [5.74, 6) is -0.0453. The van der Waals surface area contributed by atoms with Crippen LogP contribution >= 0.6 is 0 Å². The van der Waals surface area contributed by atoms with Gasteiger partial charge >= 0.3 is 10.2 Å². The van der Waals surface area contributed by atoms with E-state index in [1.807, 2.05) is 6.92 Å². The first-order valence-electron chi connectivity index (χ1n) is 4.74. The smallest absolute Gasteiger partial charge is 0.301 e. The number of benzene rings is 1. The van der Waals surface area contributed by atoms with E-state index in [0.717, 1.165) is 9.87 Å². The van der Waals surface area contributed by atoms with Gasteiger partial charge in [0.25, 0.3) is 0 Å². The summed E-state index contributed by atoms with van der Waals surface area (Å²) in [6.45, 7) is 3.55. The molecule has 16 heavy (non-hydrogen) atoms. The van der Waals surface area contributed by atoms with Crippen molar-refractivity contribution in [1.82, 2.24) is 4.31 Å². The van der Waals surface area contributed by atoms with Crippen molar-refractivity contribution in [2.75, 3.05) is 18.8 Å². The van der Waals surface area contributed by atoms with Crippen LogP contribution < -0.4 is 4.72 Å². The molecule has 0 saturated heterocycles. The molecule has 0 saturated carbocycles. The number of aromatic hydroxyl groups is 1. The van der Waals surface area contributed by atoms with E-state index < -0.39 is 10.2 Å². The Labute approximate surface area is 95.9 Å². The molecule has 0 aliphatic rings. The Kier molecular flexibility index (Phi) is 3.44. The summed E-state index contributed by atoms with van der Waals surface area (Å²) >= 11 is 0. The highest BCUT2D eigenvalue weighted by Crippen LogP contribution is 2.29. The second-order valence-corrected chi connectivity index (χ2v) is 5.75. The number of aryl methyl sites for hydroxylation is 2. The maximum Gasteiger partial charge on any atom is 0.301 e. The van der Waals surface area contributed by atoms with E-state index in [-0.39, 0.29) is 11.4 Å². The van der Waals surface area contributed by atoms with Crippen LogP contribution in [-0.4, -0.2) is 31.9 Å². The normalized spacial score (nSPS) is 11.8. The van der Waals surface area contributed by atoms with Crippen molar-refractivity contribution in [3.63, 3.8) is 0 Å². The molecule has 2 N–H and O–H groups in total. The maximum absolute atomic E-state index is 11.6. The summed E-state index contributed by atoms with van der Waals surface area (Å²) in [5, 5.41) is 9.72. The molecule has 0 spiro atoms. The topological polar surface area (TPSA) is 69.6 Å². The van der Waals surface area contributed by atoms with E-state index in [2.05, 4.69) is 4.72 Å². The SMILES string of the molecule is Cc1cc(C)c(O)c(NS(=O)(=O)N(C)C)c1. The van der Waals surface area contributed by atoms with Crippen LogP contribution in [0.4, 0.5) is 5.69 Å². The number of rotatable bonds is 3. The molecule has 1 aromatic carbocycles. The Bertz CT molecular complexity index is 495. The summed E-state index contributed by atoms with van der Waals surface area (Å²) in [6.07, 6.45) is 0. The molecule has 0 aliphatic carbocycles. The van der Waals surface area contributed by atoms with Gasteiger partial charge in [-0.3, -0.25) is 4.72 Å². The van der Waals surface area contributed by atoms with Crippen LogP contribution in [-0.2, 0) is 10.2 Å². The van der Waals surface area contributed by atoms with Crippen LogP contribution in [0.1, 0.15) is 11.1 Å². The summed E-state index contributed by atoms with van der Waals surface area (Å²) in [5.41, 5.74) is 1.72. The zero-order chi connectivity index (χ0) is 12.5. The molecule has 0 heterocycles. The number of anilines is 1. The lowest BCUT2D eigenvalue weighted by atomic mass is 10.1. The second kappa shape index (κ2) is 4.31. The molecule has 0 bridgehead atoms. The van der Waals surface area contributed by atoms with Crippen molar-refractivity contribution in [2.45, 2.75) is 13.8 Å². The molecule has 0 aromatic heterocycles. The van der Waals surface area contributed by atoms with Crippen LogP contribution in [0.25, 0.3) is 0 Å². The number of phenols is 1. The molecule has 6 heteroatoms. The molecule has 1 rings (SSSR count). The number of hydrogen-bond donors (Lipinski definition) is 2. The lowest BCUT2D eigenvalue weighted by Gasteiger charge is -2.15. The highest BCUT2D eigenvalue weighted by molar-refractivity contribution is 7.90. The monoisotopic (exact) mass is 244 g/mol. The van der Waals surface area contributed by atoms with Gasteiger partial charge in [-0.05, 0) is 31.0 Å². The van der Waals surface area contributed by atoms with Gasteiger partial charge in [-0.2, -0.15) is 12.7 Å².